The third kappa shape index (κ3) is 3.00. The van der Waals surface area contributed by atoms with Gasteiger partial charge in [0.25, 0.3) is 0 Å². The second kappa shape index (κ2) is 5.95. The summed E-state index contributed by atoms with van der Waals surface area (Å²) in [7, 11) is 0. The monoisotopic (exact) mass is 263 g/mol. The van der Waals surface area contributed by atoms with Crippen LogP contribution in [0.25, 0.3) is 0 Å². The van der Waals surface area contributed by atoms with Crippen LogP contribution >= 0.6 is 0 Å². The van der Waals surface area contributed by atoms with Crippen molar-refractivity contribution >= 4 is 5.91 Å². The van der Waals surface area contributed by atoms with E-state index in [1.54, 1.807) is 0 Å². The molecule has 0 N–H and O–H groups in total. The number of nitrogens with zero attached hydrogens (tertiary/aromatic N) is 1. The van der Waals surface area contributed by atoms with Crippen LogP contribution in [-0.4, -0.2) is 30.2 Å². The van der Waals surface area contributed by atoms with E-state index in [0.717, 1.165) is 24.5 Å². The molecule has 1 atom stereocenters. The molecule has 1 aromatic rings. The average Bonchev–Trinajstić information content (AvgIpc) is 2.86. The number of amides is 1. The molecule has 0 spiro atoms. The third-order valence-corrected chi connectivity index (χ3v) is 3.46. The van der Waals surface area contributed by atoms with Gasteiger partial charge in [-0.2, -0.15) is 0 Å². The summed E-state index contributed by atoms with van der Waals surface area (Å²) in [5.74, 6) is 1.80. The molecule has 4 nitrogen and oxygen atoms in total. The molecular weight excluding hydrogens is 242 g/mol. The maximum atomic E-state index is 11.8. The van der Waals surface area contributed by atoms with Gasteiger partial charge in [-0.15, -0.1) is 0 Å². The first-order valence-corrected chi connectivity index (χ1v) is 6.83. The van der Waals surface area contributed by atoms with E-state index in [1.165, 1.54) is 5.56 Å². The highest BCUT2D eigenvalue weighted by Crippen LogP contribution is 2.32. The molecule has 1 aliphatic rings. The third-order valence-electron chi connectivity index (χ3n) is 3.46. The van der Waals surface area contributed by atoms with Crippen molar-refractivity contribution in [3.05, 3.63) is 23.8 Å². The molecule has 0 fully saturated rings. The van der Waals surface area contributed by atoms with Crippen molar-refractivity contribution in [3.8, 4) is 11.5 Å². The van der Waals surface area contributed by atoms with Crippen molar-refractivity contribution in [2.24, 2.45) is 0 Å². The lowest BCUT2D eigenvalue weighted by Gasteiger charge is -2.28. The molecule has 0 unspecified atom stereocenters. The number of ether oxygens (including phenoxy) is 2. The number of rotatable bonds is 5. The largest absolute Gasteiger partial charge is 0.454 e. The summed E-state index contributed by atoms with van der Waals surface area (Å²) in [6.07, 6.45) is 1.38. The van der Waals surface area contributed by atoms with Crippen LogP contribution in [0.4, 0.5) is 0 Å². The van der Waals surface area contributed by atoms with Crippen molar-refractivity contribution in [3.63, 3.8) is 0 Å². The summed E-state index contributed by atoms with van der Waals surface area (Å²) in [6.45, 7) is 7.05. The summed E-state index contributed by atoms with van der Waals surface area (Å²) in [4.78, 5) is 13.8. The van der Waals surface area contributed by atoms with Gasteiger partial charge >= 0.3 is 0 Å². The standard InChI is InChI=1S/C15H21NO3/c1-4-15(17)16(5-2)11(3)8-12-6-7-13-14(9-12)19-10-18-13/h6-7,9,11H,4-5,8,10H2,1-3H3/t11-/m1/s1. The Morgan fingerprint density at radius 1 is 1.32 bits per heavy atom. The topological polar surface area (TPSA) is 38.8 Å². The second-order valence-electron chi connectivity index (χ2n) is 4.77. The smallest absolute Gasteiger partial charge is 0.231 e. The molecule has 4 heteroatoms. The Balaban J connectivity index is 2.05. The highest BCUT2D eigenvalue weighted by molar-refractivity contribution is 5.76. The number of hydrogen-bond acceptors (Lipinski definition) is 3. The van der Waals surface area contributed by atoms with Crippen molar-refractivity contribution < 1.29 is 14.3 Å². The molecule has 0 aromatic heterocycles. The summed E-state index contributed by atoms with van der Waals surface area (Å²) in [6, 6.07) is 6.16. The molecule has 0 radical (unpaired) electrons. The van der Waals surface area contributed by atoms with Gasteiger partial charge in [0, 0.05) is 19.0 Å². The predicted molar refractivity (Wildman–Crippen MR) is 73.4 cm³/mol. The minimum atomic E-state index is 0.192. The van der Waals surface area contributed by atoms with Crippen LogP contribution < -0.4 is 9.47 Å². The molecule has 1 aliphatic heterocycles. The van der Waals surface area contributed by atoms with Gasteiger partial charge in [0.15, 0.2) is 11.5 Å². The van der Waals surface area contributed by atoms with Crippen molar-refractivity contribution in [1.29, 1.82) is 0 Å². The average molecular weight is 263 g/mol. The van der Waals surface area contributed by atoms with Crippen molar-refractivity contribution in [1.82, 2.24) is 4.90 Å². The zero-order valence-electron chi connectivity index (χ0n) is 11.8. The van der Waals surface area contributed by atoms with E-state index in [9.17, 15) is 4.79 Å². The number of hydrogen-bond donors (Lipinski definition) is 0. The number of carbonyl (C=O) groups is 1. The van der Waals surface area contributed by atoms with Crippen LogP contribution in [0.3, 0.4) is 0 Å². The first kappa shape index (κ1) is 13.7. The zero-order chi connectivity index (χ0) is 13.8. The molecule has 0 saturated heterocycles. The van der Waals surface area contributed by atoms with Gasteiger partial charge in [-0.1, -0.05) is 13.0 Å². The summed E-state index contributed by atoms with van der Waals surface area (Å²) in [5.41, 5.74) is 1.17. The number of fused-ring (bicyclic) bond motifs is 1. The molecule has 0 aliphatic carbocycles. The van der Waals surface area contributed by atoms with E-state index in [-0.39, 0.29) is 11.9 Å². The Labute approximate surface area is 114 Å². The molecule has 19 heavy (non-hydrogen) atoms. The van der Waals surface area contributed by atoms with E-state index in [4.69, 9.17) is 9.47 Å². The molecule has 1 heterocycles. The lowest BCUT2D eigenvalue weighted by Crippen LogP contribution is -2.39. The van der Waals surface area contributed by atoms with Crippen LogP contribution in [0.2, 0.25) is 0 Å². The fourth-order valence-corrected chi connectivity index (χ4v) is 2.46. The highest BCUT2D eigenvalue weighted by Gasteiger charge is 2.19. The lowest BCUT2D eigenvalue weighted by atomic mass is 10.0. The van der Waals surface area contributed by atoms with Crippen LogP contribution in [0.1, 0.15) is 32.8 Å². The highest BCUT2D eigenvalue weighted by atomic mass is 16.7. The molecule has 0 bridgehead atoms. The molecule has 1 amide bonds. The lowest BCUT2D eigenvalue weighted by molar-refractivity contribution is -0.132. The maximum Gasteiger partial charge on any atom is 0.231 e. The molecule has 0 saturated carbocycles. The number of carbonyl (C=O) groups excluding carboxylic acids is 1. The fourth-order valence-electron chi connectivity index (χ4n) is 2.46. The minimum Gasteiger partial charge on any atom is -0.454 e. The van der Waals surface area contributed by atoms with Crippen molar-refractivity contribution in [2.45, 2.75) is 39.7 Å². The Kier molecular flexibility index (Phi) is 4.30. The van der Waals surface area contributed by atoms with Gasteiger partial charge in [0.05, 0.1) is 0 Å². The van der Waals surface area contributed by atoms with E-state index in [1.807, 2.05) is 36.9 Å². The Morgan fingerprint density at radius 3 is 2.74 bits per heavy atom. The molecular formula is C15H21NO3. The first-order chi connectivity index (χ1) is 9.15. The normalized spacial score (nSPS) is 14.3. The van der Waals surface area contributed by atoms with Crippen molar-refractivity contribution in [2.75, 3.05) is 13.3 Å². The number of likely N-dealkylation sites (N-methyl/N-ethyl adjacent to an activating group) is 1. The quantitative estimate of drug-likeness (QED) is 0.819. The van der Waals surface area contributed by atoms with E-state index in [0.29, 0.717) is 13.2 Å². The predicted octanol–water partition coefficient (Wildman–Crippen LogP) is 2.60. The van der Waals surface area contributed by atoms with Crippen LogP contribution in [0.15, 0.2) is 18.2 Å². The van der Waals surface area contributed by atoms with Gasteiger partial charge in [-0.25, -0.2) is 0 Å². The van der Waals surface area contributed by atoms with Gasteiger partial charge in [-0.3, -0.25) is 4.79 Å². The molecule has 1 aromatic carbocycles. The summed E-state index contributed by atoms with van der Waals surface area (Å²) in [5, 5.41) is 0. The van der Waals surface area contributed by atoms with Gasteiger partial charge in [-0.05, 0) is 38.0 Å². The maximum absolute atomic E-state index is 11.8. The minimum absolute atomic E-state index is 0.192. The summed E-state index contributed by atoms with van der Waals surface area (Å²) >= 11 is 0. The first-order valence-electron chi connectivity index (χ1n) is 6.83. The van der Waals surface area contributed by atoms with Gasteiger partial charge in [0.2, 0.25) is 12.7 Å². The van der Waals surface area contributed by atoms with E-state index in [2.05, 4.69) is 6.92 Å². The second-order valence-corrected chi connectivity index (χ2v) is 4.77. The van der Waals surface area contributed by atoms with Crippen LogP contribution in [0.5, 0.6) is 11.5 Å². The van der Waals surface area contributed by atoms with E-state index >= 15 is 0 Å². The number of benzene rings is 1. The fraction of sp³-hybridized carbons (Fsp3) is 0.533. The Bertz CT molecular complexity index is 459. The van der Waals surface area contributed by atoms with Gasteiger partial charge in [0.1, 0.15) is 0 Å². The Morgan fingerprint density at radius 2 is 2.05 bits per heavy atom. The molecule has 104 valence electrons. The van der Waals surface area contributed by atoms with E-state index < -0.39 is 0 Å². The van der Waals surface area contributed by atoms with Crippen LogP contribution in [0, 0.1) is 0 Å². The summed E-state index contributed by atoms with van der Waals surface area (Å²) < 4.78 is 10.7. The Hall–Kier alpha value is -1.71. The van der Waals surface area contributed by atoms with Crippen LogP contribution in [-0.2, 0) is 11.2 Å². The SMILES string of the molecule is CCC(=O)N(CC)[C@H](C)Cc1ccc2c(c1)OCO2. The molecule has 2 rings (SSSR count). The van der Waals surface area contributed by atoms with Gasteiger partial charge < -0.3 is 14.4 Å². The zero-order valence-corrected chi connectivity index (χ0v) is 11.8.